The van der Waals surface area contributed by atoms with Gasteiger partial charge in [0.2, 0.25) is 5.76 Å². The van der Waals surface area contributed by atoms with Crippen LogP contribution in [0.4, 0.5) is 0 Å². The van der Waals surface area contributed by atoms with Gasteiger partial charge in [0.15, 0.2) is 11.5 Å². The Morgan fingerprint density at radius 3 is 2.45 bits per heavy atom. The van der Waals surface area contributed by atoms with Gasteiger partial charge in [-0.15, -0.1) is 0 Å². The highest BCUT2D eigenvalue weighted by molar-refractivity contribution is 6.33. The molecule has 0 aliphatic heterocycles. The van der Waals surface area contributed by atoms with Crippen LogP contribution in [0, 0.1) is 0 Å². The van der Waals surface area contributed by atoms with Crippen molar-refractivity contribution in [3.8, 4) is 22.8 Å². The Bertz CT molecular complexity index is 708. The van der Waals surface area contributed by atoms with Crippen LogP contribution in [0.15, 0.2) is 16.7 Å². The average molecular weight is 326 g/mol. The van der Waals surface area contributed by atoms with Crippen LogP contribution in [-0.4, -0.2) is 30.5 Å². The summed E-state index contributed by atoms with van der Waals surface area (Å²) in [4.78, 5) is 11.0. The first-order valence-electron chi connectivity index (χ1n) is 6.55. The third kappa shape index (κ3) is 2.74. The predicted octanol–water partition coefficient (Wildman–Crippen LogP) is 3.83. The number of ether oxygens (including phenoxy) is 2. The first-order valence-corrected chi connectivity index (χ1v) is 6.93. The van der Waals surface area contributed by atoms with Crippen molar-refractivity contribution in [2.75, 3.05) is 14.2 Å². The van der Waals surface area contributed by atoms with Crippen molar-refractivity contribution in [3.05, 3.63) is 28.5 Å². The van der Waals surface area contributed by atoms with Gasteiger partial charge in [-0.2, -0.15) is 0 Å². The van der Waals surface area contributed by atoms with Crippen molar-refractivity contribution in [1.29, 1.82) is 0 Å². The highest BCUT2D eigenvalue weighted by Gasteiger charge is 2.23. The van der Waals surface area contributed by atoms with Gasteiger partial charge >= 0.3 is 5.97 Å². The van der Waals surface area contributed by atoms with E-state index < -0.39 is 5.97 Å². The second kappa shape index (κ2) is 6.27. The molecule has 22 heavy (non-hydrogen) atoms. The molecular formula is C15H16ClNO5. The van der Waals surface area contributed by atoms with Gasteiger partial charge in [0.1, 0.15) is 5.69 Å². The molecule has 0 fully saturated rings. The smallest absolute Gasteiger partial charge is 0.374 e. The number of carboxylic acid groups (broad SMARTS) is 1. The number of hydrogen-bond donors (Lipinski definition) is 1. The minimum atomic E-state index is -1.18. The molecule has 6 nitrogen and oxygen atoms in total. The lowest BCUT2D eigenvalue weighted by Gasteiger charge is -2.18. The molecular weight excluding hydrogens is 310 g/mol. The Balaban J connectivity index is 2.72. The molecule has 0 saturated carbocycles. The first-order chi connectivity index (χ1) is 10.4. The molecule has 1 N–H and O–H groups in total. The number of carbonyl (C=O) groups is 1. The summed E-state index contributed by atoms with van der Waals surface area (Å²) in [7, 11) is 3.00. The van der Waals surface area contributed by atoms with E-state index in [-0.39, 0.29) is 11.7 Å². The number of nitrogens with zero attached hydrogens (tertiary/aromatic N) is 1. The van der Waals surface area contributed by atoms with E-state index >= 15 is 0 Å². The second-order valence-corrected chi connectivity index (χ2v) is 5.30. The second-order valence-electron chi connectivity index (χ2n) is 4.92. The molecule has 118 valence electrons. The van der Waals surface area contributed by atoms with Crippen LogP contribution in [0.5, 0.6) is 11.5 Å². The average Bonchev–Trinajstić information content (AvgIpc) is 2.95. The van der Waals surface area contributed by atoms with Gasteiger partial charge in [0.25, 0.3) is 0 Å². The highest BCUT2D eigenvalue weighted by atomic mass is 35.5. The van der Waals surface area contributed by atoms with Gasteiger partial charge in [0, 0.05) is 11.6 Å². The van der Waals surface area contributed by atoms with Crippen molar-refractivity contribution in [2.24, 2.45) is 0 Å². The normalized spacial score (nSPS) is 10.8. The van der Waals surface area contributed by atoms with E-state index in [4.69, 9.17) is 30.7 Å². The van der Waals surface area contributed by atoms with E-state index in [1.165, 1.54) is 20.3 Å². The summed E-state index contributed by atoms with van der Waals surface area (Å²) in [5, 5.41) is 13.2. The number of methoxy groups -OCH3 is 2. The summed E-state index contributed by atoms with van der Waals surface area (Å²) in [5.41, 5.74) is 1.81. The van der Waals surface area contributed by atoms with E-state index in [1.54, 1.807) is 6.07 Å². The molecule has 0 atom stereocenters. The fourth-order valence-electron chi connectivity index (χ4n) is 2.24. The molecule has 2 rings (SSSR count). The standard InChI is InChI=1S/C15H16ClNO5/c1-7(2)12-8(9-6-11(15(18)19)22-17-9)5-10(20-3)14(21-4)13(12)16/h5-7H,1-4H3,(H,18,19). The molecule has 1 aromatic heterocycles. The van der Waals surface area contributed by atoms with Gasteiger partial charge in [-0.05, 0) is 17.5 Å². The fourth-order valence-corrected chi connectivity index (χ4v) is 2.73. The third-order valence-electron chi connectivity index (χ3n) is 3.22. The number of carboxylic acids is 1. The largest absolute Gasteiger partial charge is 0.493 e. The SMILES string of the molecule is COc1cc(-c2cc(C(=O)O)on2)c(C(C)C)c(Cl)c1OC. The Kier molecular flexibility index (Phi) is 4.61. The Labute approximate surface area is 132 Å². The summed E-state index contributed by atoms with van der Waals surface area (Å²) in [5.74, 6) is -0.496. The van der Waals surface area contributed by atoms with E-state index in [2.05, 4.69) is 5.16 Å². The maximum atomic E-state index is 11.0. The van der Waals surface area contributed by atoms with Crippen molar-refractivity contribution in [2.45, 2.75) is 19.8 Å². The van der Waals surface area contributed by atoms with Crippen LogP contribution >= 0.6 is 11.6 Å². The van der Waals surface area contributed by atoms with Gasteiger partial charge in [-0.3, -0.25) is 0 Å². The zero-order valence-corrected chi connectivity index (χ0v) is 13.4. The van der Waals surface area contributed by atoms with Crippen LogP contribution in [-0.2, 0) is 0 Å². The number of halogens is 1. The number of rotatable bonds is 5. The molecule has 0 unspecified atom stereocenters. The molecule has 1 aromatic carbocycles. The molecule has 0 radical (unpaired) electrons. The molecule has 0 amide bonds. The molecule has 0 spiro atoms. The van der Waals surface area contributed by atoms with Gasteiger partial charge in [-0.1, -0.05) is 30.6 Å². The van der Waals surface area contributed by atoms with Crippen LogP contribution in [0.3, 0.4) is 0 Å². The van der Waals surface area contributed by atoms with Crippen molar-refractivity contribution < 1.29 is 23.9 Å². The van der Waals surface area contributed by atoms with E-state index in [1.807, 2.05) is 13.8 Å². The Hall–Kier alpha value is -2.21. The van der Waals surface area contributed by atoms with E-state index in [0.717, 1.165) is 5.56 Å². The topological polar surface area (TPSA) is 81.8 Å². The summed E-state index contributed by atoms with van der Waals surface area (Å²) in [6.45, 7) is 3.93. The quantitative estimate of drug-likeness (QED) is 0.899. The fraction of sp³-hybridized carbons (Fsp3) is 0.333. The third-order valence-corrected chi connectivity index (χ3v) is 3.60. The van der Waals surface area contributed by atoms with Gasteiger partial charge in [0.05, 0.1) is 19.2 Å². The monoisotopic (exact) mass is 325 g/mol. The number of benzene rings is 1. The lowest BCUT2D eigenvalue weighted by molar-refractivity contribution is 0.0652. The molecule has 1 heterocycles. The number of aromatic nitrogens is 1. The zero-order chi connectivity index (χ0) is 16.4. The minimum absolute atomic E-state index is 0.0623. The maximum absolute atomic E-state index is 11.0. The summed E-state index contributed by atoms with van der Waals surface area (Å²) >= 11 is 6.43. The summed E-state index contributed by atoms with van der Waals surface area (Å²) in [6, 6.07) is 3.06. The lowest BCUT2D eigenvalue weighted by atomic mass is 9.94. The molecule has 0 aliphatic rings. The molecule has 2 aromatic rings. The van der Waals surface area contributed by atoms with E-state index in [0.29, 0.717) is 27.8 Å². The Morgan fingerprint density at radius 1 is 1.32 bits per heavy atom. The lowest BCUT2D eigenvalue weighted by Crippen LogP contribution is -2.00. The number of aromatic carboxylic acids is 1. The Morgan fingerprint density at radius 2 is 2.00 bits per heavy atom. The summed E-state index contributed by atoms with van der Waals surface area (Å²) < 4.78 is 15.4. The van der Waals surface area contributed by atoms with Crippen LogP contribution in [0.1, 0.15) is 35.9 Å². The minimum Gasteiger partial charge on any atom is -0.493 e. The molecule has 7 heteroatoms. The maximum Gasteiger partial charge on any atom is 0.374 e. The van der Waals surface area contributed by atoms with Crippen molar-refractivity contribution >= 4 is 17.6 Å². The molecule has 0 saturated heterocycles. The van der Waals surface area contributed by atoms with Gasteiger partial charge in [-0.25, -0.2) is 4.79 Å². The zero-order valence-electron chi connectivity index (χ0n) is 12.6. The molecule has 0 bridgehead atoms. The predicted molar refractivity (Wildman–Crippen MR) is 81.1 cm³/mol. The van der Waals surface area contributed by atoms with Crippen LogP contribution < -0.4 is 9.47 Å². The van der Waals surface area contributed by atoms with Crippen LogP contribution in [0.2, 0.25) is 5.02 Å². The summed E-state index contributed by atoms with van der Waals surface area (Å²) in [6.07, 6.45) is 0. The van der Waals surface area contributed by atoms with Crippen LogP contribution in [0.25, 0.3) is 11.3 Å². The van der Waals surface area contributed by atoms with Crippen molar-refractivity contribution in [1.82, 2.24) is 5.16 Å². The highest BCUT2D eigenvalue weighted by Crippen LogP contribution is 2.45. The number of hydrogen-bond acceptors (Lipinski definition) is 5. The first kappa shape index (κ1) is 16.2. The molecule has 0 aliphatic carbocycles. The van der Waals surface area contributed by atoms with E-state index in [9.17, 15) is 4.79 Å². The van der Waals surface area contributed by atoms with Crippen molar-refractivity contribution in [3.63, 3.8) is 0 Å². The van der Waals surface area contributed by atoms with Gasteiger partial charge < -0.3 is 19.1 Å².